The summed E-state index contributed by atoms with van der Waals surface area (Å²) in [5.74, 6) is 0.621. The molecule has 2 heteroatoms. The molecule has 0 aromatic heterocycles. The Labute approximate surface area is 111 Å². The van der Waals surface area contributed by atoms with Crippen molar-refractivity contribution >= 4 is 0 Å². The van der Waals surface area contributed by atoms with Gasteiger partial charge in [-0.3, -0.25) is 0 Å². The monoisotopic (exact) mass is 247 g/mol. The van der Waals surface area contributed by atoms with E-state index in [2.05, 4.69) is 49.5 Å². The average molecular weight is 247 g/mol. The van der Waals surface area contributed by atoms with Gasteiger partial charge in [-0.2, -0.15) is 0 Å². The summed E-state index contributed by atoms with van der Waals surface area (Å²) in [6.45, 7) is 6.55. The van der Waals surface area contributed by atoms with Crippen LogP contribution in [0.1, 0.15) is 44.6 Å². The van der Waals surface area contributed by atoms with Crippen LogP contribution in [0.25, 0.3) is 0 Å². The standard InChI is InChI=1S/C16H25NO/c1-13(15-7-4-3-5-8-15)10-11-17-14(2)16-9-6-12-18-16/h3-5,7-8,13-14,16-17H,6,9-12H2,1-2H3. The van der Waals surface area contributed by atoms with Gasteiger partial charge in [0.05, 0.1) is 6.10 Å². The Morgan fingerprint density at radius 1 is 1.28 bits per heavy atom. The molecule has 2 nitrogen and oxygen atoms in total. The van der Waals surface area contributed by atoms with Crippen molar-refractivity contribution in [3.05, 3.63) is 35.9 Å². The lowest BCUT2D eigenvalue weighted by atomic mass is 9.98. The van der Waals surface area contributed by atoms with Crippen LogP contribution < -0.4 is 5.32 Å². The first kappa shape index (κ1) is 13.6. The van der Waals surface area contributed by atoms with Crippen molar-refractivity contribution in [3.8, 4) is 0 Å². The minimum Gasteiger partial charge on any atom is -0.377 e. The molecule has 1 fully saturated rings. The zero-order valence-corrected chi connectivity index (χ0v) is 11.6. The molecule has 1 aliphatic heterocycles. The first-order valence-corrected chi connectivity index (χ1v) is 7.17. The SMILES string of the molecule is CC(CCNC(C)C1CCCO1)c1ccccc1. The highest BCUT2D eigenvalue weighted by Crippen LogP contribution is 2.19. The van der Waals surface area contributed by atoms with Crippen molar-refractivity contribution in [3.63, 3.8) is 0 Å². The van der Waals surface area contributed by atoms with Gasteiger partial charge in [0.1, 0.15) is 0 Å². The summed E-state index contributed by atoms with van der Waals surface area (Å²) in [4.78, 5) is 0. The molecule has 1 aromatic rings. The Morgan fingerprint density at radius 3 is 2.72 bits per heavy atom. The summed E-state index contributed by atoms with van der Waals surface area (Å²) in [6, 6.07) is 11.2. The molecule has 1 heterocycles. The van der Waals surface area contributed by atoms with Crippen molar-refractivity contribution in [2.24, 2.45) is 0 Å². The van der Waals surface area contributed by atoms with E-state index in [-0.39, 0.29) is 0 Å². The van der Waals surface area contributed by atoms with Crippen LogP contribution in [0.3, 0.4) is 0 Å². The summed E-state index contributed by atoms with van der Waals surface area (Å²) in [6.07, 6.45) is 4.04. The number of ether oxygens (including phenoxy) is 1. The maximum atomic E-state index is 5.69. The van der Waals surface area contributed by atoms with Crippen LogP contribution in [0.4, 0.5) is 0 Å². The lowest BCUT2D eigenvalue weighted by Gasteiger charge is -2.21. The van der Waals surface area contributed by atoms with Crippen LogP contribution in [-0.4, -0.2) is 25.3 Å². The highest BCUT2D eigenvalue weighted by atomic mass is 16.5. The van der Waals surface area contributed by atoms with Crippen molar-refractivity contribution in [1.29, 1.82) is 0 Å². The van der Waals surface area contributed by atoms with Gasteiger partial charge in [-0.1, -0.05) is 37.3 Å². The van der Waals surface area contributed by atoms with E-state index in [1.807, 2.05) is 0 Å². The van der Waals surface area contributed by atoms with Crippen LogP contribution in [0.5, 0.6) is 0 Å². The van der Waals surface area contributed by atoms with Crippen LogP contribution in [0, 0.1) is 0 Å². The van der Waals surface area contributed by atoms with Crippen molar-refractivity contribution in [2.45, 2.75) is 51.2 Å². The third kappa shape index (κ3) is 3.82. The van der Waals surface area contributed by atoms with Gasteiger partial charge >= 0.3 is 0 Å². The molecule has 3 unspecified atom stereocenters. The molecule has 0 spiro atoms. The number of hydrogen-bond acceptors (Lipinski definition) is 2. The van der Waals surface area contributed by atoms with Crippen LogP contribution in [-0.2, 0) is 4.74 Å². The smallest absolute Gasteiger partial charge is 0.0726 e. The van der Waals surface area contributed by atoms with Crippen molar-refractivity contribution < 1.29 is 4.74 Å². The van der Waals surface area contributed by atoms with Gasteiger partial charge in [-0.05, 0) is 44.2 Å². The molecule has 2 rings (SSSR count). The molecule has 0 aliphatic carbocycles. The van der Waals surface area contributed by atoms with E-state index in [1.54, 1.807) is 0 Å². The van der Waals surface area contributed by atoms with Gasteiger partial charge in [-0.15, -0.1) is 0 Å². The molecular formula is C16H25NO. The van der Waals surface area contributed by atoms with E-state index in [4.69, 9.17) is 4.74 Å². The van der Waals surface area contributed by atoms with Crippen LogP contribution in [0.2, 0.25) is 0 Å². The number of hydrogen-bond donors (Lipinski definition) is 1. The van der Waals surface area contributed by atoms with Gasteiger partial charge in [0.15, 0.2) is 0 Å². The third-order valence-electron chi connectivity index (χ3n) is 3.93. The maximum Gasteiger partial charge on any atom is 0.0726 e. The van der Waals surface area contributed by atoms with E-state index in [9.17, 15) is 0 Å². The second-order valence-electron chi connectivity index (χ2n) is 5.39. The molecular weight excluding hydrogens is 222 g/mol. The fraction of sp³-hybridized carbons (Fsp3) is 0.625. The predicted molar refractivity (Wildman–Crippen MR) is 75.9 cm³/mol. The molecule has 0 bridgehead atoms. The number of benzene rings is 1. The summed E-state index contributed by atoms with van der Waals surface area (Å²) < 4.78 is 5.69. The van der Waals surface area contributed by atoms with Gasteiger partial charge in [0, 0.05) is 12.6 Å². The van der Waals surface area contributed by atoms with Crippen LogP contribution in [0.15, 0.2) is 30.3 Å². The lowest BCUT2D eigenvalue weighted by molar-refractivity contribution is 0.0836. The molecule has 1 N–H and O–H groups in total. The molecule has 3 atom stereocenters. The topological polar surface area (TPSA) is 21.3 Å². The molecule has 1 aliphatic rings. The second-order valence-corrected chi connectivity index (χ2v) is 5.39. The highest BCUT2D eigenvalue weighted by Gasteiger charge is 2.21. The van der Waals surface area contributed by atoms with Crippen molar-refractivity contribution in [1.82, 2.24) is 5.32 Å². The zero-order valence-electron chi connectivity index (χ0n) is 11.6. The first-order valence-electron chi connectivity index (χ1n) is 7.17. The average Bonchev–Trinajstić information content (AvgIpc) is 2.93. The first-order chi connectivity index (χ1) is 8.77. The van der Waals surface area contributed by atoms with Gasteiger partial charge < -0.3 is 10.1 Å². The fourth-order valence-electron chi connectivity index (χ4n) is 2.60. The Bertz CT molecular complexity index is 332. The molecule has 1 aromatic carbocycles. The van der Waals surface area contributed by atoms with Gasteiger partial charge in [0.2, 0.25) is 0 Å². The van der Waals surface area contributed by atoms with Gasteiger partial charge in [-0.25, -0.2) is 0 Å². The molecule has 0 amide bonds. The molecule has 0 saturated carbocycles. The van der Waals surface area contributed by atoms with E-state index in [0.29, 0.717) is 18.1 Å². The Kier molecular flexibility index (Phi) is 5.21. The molecule has 1 saturated heterocycles. The summed E-state index contributed by atoms with van der Waals surface area (Å²) in [7, 11) is 0. The maximum absolute atomic E-state index is 5.69. The van der Waals surface area contributed by atoms with Crippen molar-refractivity contribution in [2.75, 3.05) is 13.2 Å². The lowest BCUT2D eigenvalue weighted by Crippen LogP contribution is -2.37. The van der Waals surface area contributed by atoms with Gasteiger partial charge in [0.25, 0.3) is 0 Å². The van der Waals surface area contributed by atoms with Crippen LogP contribution >= 0.6 is 0 Å². The van der Waals surface area contributed by atoms with E-state index in [1.165, 1.54) is 24.8 Å². The quantitative estimate of drug-likeness (QED) is 0.832. The zero-order chi connectivity index (χ0) is 12.8. The largest absolute Gasteiger partial charge is 0.377 e. The highest BCUT2D eigenvalue weighted by molar-refractivity contribution is 5.18. The van der Waals surface area contributed by atoms with E-state index < -0.39 is 0 Å². The second kappa shape index (κ2) is 6.91. The summed E-state index contributed by atoms with van der Waals surface area (Å²) >= 11 is 0. The molecule has 100 valence electrons. The number of rotatable bonds is 6. The summed E-state index contributed by atoms with van der Waals surface area (Å²) in [5.41, 5.74) is 1.43. The third-order valence-corrected chi connectivity index (χ3v) is 3.93. The van der Waals surface area contributed by atoms with E-state index in [0.717, 1.165) is 13.2 Å². The Hall–Kier alpha value is -0.860. The number of nitrogens with one attached hydrogen (secondary N) is 1. The molecule has 18 heavy (non-hydrogen) atoms. The molecule has 0 radical (unpaired) electrons. The predicted octanol–water partition coefficient (Wildman–Crippen LogP) is 3.34. The Balaban J connectivity index is 1.68. The minimum absolute atomic E-state index is 0.428. The summed E-state index contributed by atoms with van der Waals surface area (Å²) in [5, 5.41) is 3.60. The normalized spacial score (nSPS) is 22.9. The Morgan fingerprint density at radius 2 is 2.06 bits per heavy atom. The van der Waals surface area contributed by atoms with E-state index >= 15 is 0 Å². The fourth-order valence-corrected chi connectivity index (χ4v) is 2.60. The minimum atomic E-state index is 0.428.